The van der Waals surface area contributed by atoms with E-state index in [1.165, 1.54) is 6.26 Å². The topological polar surface area (TPSA) is 66.4 Å². The van der Waals surface area contributed by atoms with Gasteiger partial charge < -0.3 is 10.4 Å². The minimum absolute atomic E-state index is 0.214. The van der Waals surface area contributed by atoms with E-state index in [4.69, 9.17) is 5.11 Å². The van der Waals surface area contributed by atoms with E-state index < -0.39 is 9.84 Å². The molecule has 0 aromatic carbocycles. The van der Waals surface area contributed by atoms with E-state index in [0.717, 1.165) is 19.5 Å². The van der Waals surface area contributed by atoms with Gasteiger partial charge in [-0.15, -0.1) is 0 Å². The molecule has 0 fully saturated rings. The lowest BCUT2D eigenvalue weighted by molar-refractivity contribution is 0.260. The van der Waals surface area contributed by atoms with Crippen LogP contribution in [0.25, 0.3) is 0 Å². The Morgan fingerprint density at radius 1 is 1.43 bits per heavy atom. The van der Waals surface area contributed by atoms with Gasteiger partial charge in [-0.3, -0.25) is 0 Å². The van der Waals surface area contributed by atoms with E-state index in [1.54, 1.807) is 0 Å². The van der Waals surface area contributed by atoms with E-state index in [1.807, 2.05) is 0 Å². The second kappa shape index (κ2) is 7.20. The third-order valence-corrected chi connectivity index (χ3v) is 3.01. The number of hydrogen-bond donors (Lipinski definition) is 2. The third-order valence-electron chi connectivity index (χ3n) is 1.98. The summed E-state index contributed by atoms with van der Waals surface area (Å²) in [6, 6.07) is 0. The molecule has 1 atom stereocenters. The predicted molar refractivity (Wildman–Crippen MR) is 58.1 cm³/mol. The first-order valence-corrected chi connectivity index (χ1v) is 7.01. The first kappa shape index (κ1) is 13.9. The molecule has 0 aliphatic heterocycles. The normalized spacial score (nSPS) is 14.2. The molecule has 0 rings (SSSR count). The van der Waals surface area contributed by atoms with Crippen LogP contribution < -0.4 is 5.32 Å². The Bertz CT molecular complexity index is 226. The average molecular weight is 223 g/mol. The molecule has 0 aromatic rings. The van der Waals surface area contributed by atoms with Gasteiger partial charge in [-0.2, -0.15) is 0 Å². The van der Waals surface area contributed by atoms with Gasteiger partial charge in [0.25, 0.3) is 0 Å². The quantitative estimate of drug-likeness (QED) is 0.570. The van der Waals surface area contributed by atoms with Crippen LogP contribution in [0.2, 0.25) is 0 Å². The van der Waals surface area contributed by atoms with Gasteiger partial charge in [0.05, 0.1) is 5.75 Å². The SMILES string of the molecule is CC(CCO)CNCCCS(C)(=O)=O. The molecule has 0 aromatic heterocycles. The van der Waals surface area contributed by atoms with Crippen LogP contribution in [0.3, 0.4) is 0 Å². The molecule has 0 aliphatic carbocycles. The van der Waals surface area contributed by atoms with Crippen molar-refractivity contribution in [2.45, 2.75) is 19.8 Å². The highest BCUT2D eigenvalue weighted by molar-refractivity contribution is 7.90. The Morgan fingerprint density at radius 3 is 2.57 bits per heavy atom. The molecule has 86 valence electrons. The molecule has 2 N–H and O–H groups in total. The fourth-order valence-electron chi connectivity index (χ4n) is 1.13. The summed E-state index contributed by atoms with van der Waals surface area (Å²) in [5, 5.41) is 11.8. The summed E-state index contributed by atoms with van der Waals surface area (Å²) in [5.74, 6) is 0.687. The molecule has 0 saturated heterocycles. The molecular formula is C9H21NO3S. The molecule has 0 bridgehead atoms. The number of rotatable bonds is 8. The number of aliphatic hydroxyl groups excluding tert-OH is 1. The summed E-state index contributed by atoms with van der Waals surface area (Å²) in [7, 11) is -2.82. The van der Waals surface area contributed by atoms with Crippen molar-refractivity contribution in [3.63, 3.8) is 0 Å². The lowest BCUT2D eigenvalue weighted by Gasteiger charge is -2.10. The van der Waals surface area contributed by atoms with E-state index in [9.17, 15) is 8.42 Å². The van der Waals surface area contributed by atoms with Crippen LogP contribution >= 0.6 is 0 Å². The van der Waals surface area contributed by atoms with Crippen molar-refractivity contribution in [3.05, 3.63) is 0 Å². The monoisotopic (exact) mass is 223 g/mol. The van der Waals surface area contributed by atoms with Crippen molar-refractivity contribution in [1.29, 1.82) is 0 Å². The van der Waals surface area contributed by atoms with Gasteiger partial charge in [0.1, 0.15) is 9.84 Å². The Morgan fingerprint density at radius 2 is 2.07 bits per heavy atom. The van der Waals surface area contributed by atoms with Crippen molar-refractivity contribution < 1.29 is 13.5 Å². The van der Waals surface area contributed by atoms with Gasteiger partial charge in [0.2, 0.25) is 0 Å². The number of sulfone groups is 1. The standard InChI is InChI=1S/C9H21NO3S/c1-9(4-6-11)8-10-5-3-7-14(2,12)13/h9-11H,3-8H2,1-2H3. The van der Waals surface area contributed by atoms with Crippen LogP contribution in [0.5, 0.6) is 0 Å². The minimum Gasteiger partial charge on any atom is -0.396 e. The van der Waals surface area contributed by atoms with Crippen LogP contribution in [-0.4, -0.2) is 45.2 Å². The summed E-state index contributed by atoms with van der Waals surface area (Å²) < 4.78 is 21.5. The average Bonchev–Trinajstić information content (AvgIpc) is 2.02. The van der Waals surface area contributed by atoms with Gasteiger partial charge in [0.15, 0.2) is 0 Å². The molecule has 0 aliphatic rings. The molecule has 0 spiro atoms. The van der Waals surface area contributed by atoms with Gasteiger partial charge >= 0.3 is 0 Å². The maximum absolute atomic E-state index is 10.8. The minimum atomic E-state index is -2.82. The van der Waals surface area contributed by atoms with E-state index in [0.29, 0.717) is 12.3 Å². The maximum Gasteiger partial charge on any atom is 0.147 e. The summed E-state index contributed by atoms with van der Waals surface area (Å²) >= 11 is 0. The van der Waals surface area contributed by atoms with Crippen molar-refractivity contribution in [3.8, 4) is 0 Å². The van der Waals surface area contributed by atoms with Crippen LogP contribution in [0.15, 0.2) is 0 Å². The highest BCUT2D eigenvalue weighted by Crippen LogP contribution is 1.97. The predicted octanol–water partition coefficient (Wildman–Crippen LogP) is 0.0292. The fraction of sp³-hybridized carbons (Fsp3) is 1.00. The lowest BCUT2D eigenvalue weighted by Crippen LogP contribution is -2.24. The van der Waals surface area contributed by atoms with Gasteiger partial charge in [-0.25, -0.2) is 8.42 Å². The molecular weight excluding hydrogens is 202 g/mol. The van der Waals surface area contributed by atoms with Gasteiger partial charge in [0, 0.05) is 12.9 Å². The Hall–Kier alpha value is -0.130. The molecule has 0 saturated carbocycles. The molecule has 0 radical (unpaired) electrons. The second-order valence-electron chi connectivity index (χ2n) is 3.81. The first-order chi connectivity index (χ1) is 6.45. The third kappa shape index (κ3) is 9.95. The molecule has 0 amide bonds. The largest absolute Gasteiger partial charge is 0.396 e. The van der Waals surface area contributed by atoms with Crippen LogP contribution in [0.1, 0.15) is 19.8 Å². The zero-order valence-electron chi connectivity index (χ0n) is 8.99. The summed E-state index contributed by atoms with van der Waals surface area (Å²) in [5.41, 5.74) is 0. The van der Waals surface area contributed by atoms with Crippen molar-refractivity contribution in [2.75, 3.05) is 31.7 Å². The van der Waals surface area contributed by atoms with Crippen molar-refractivity contribution in [1.82, 2.24) is 5.32 Å². The highest BCUT2D eigenvalue weighted by Gasteiger charge is 2.02. The van der Waals surface area contributed by atoms with Gasteiger partial charge in [-0.1, -0.05) is 6.92 Å². The summed E-state index contributed by atoms with van der Waals surface area (Å²) in [6.45, 7) is 3.83. The van der Waals surface area contributed by atoms with Crippen molar-refractivity contribution in [2.24, 2.45) is 5.92 Å². The second-order valence-corrected chi connectivity index (χ2v) is 6.06. The van der Waals surface area contributed by atoms with E-state index in [2.05, 4.69) is 12.2 Å². The van der Waals surface area contributed by atoms with E-state index in [-0.39, 0.29) is 12.4 Å². The maximum atomic E-state index is 10.8. The molecule has 5 heteroatoms. The number of aliphatic hydroxyl groups is 1. The molecule has 0 heterocycles. The van der Waals surface area contributed by atoms with Crippen LogP contribution in [-0.2, 0) is 9.84 Å². The Balaban J connectivity index is 3.30. The summed E-state index contributed by atoms with van der Waals surface area (Å²) in [6.07, 6.45) is 2.70. The summed E-state index contributed by atoms with van der Waals surface area (Å²) in [4.78, 5) is 0. The smallest absolute Gasteiger partial charge is 0.147 e. The van der Waals surface area contributed by atoms with E-state index >= 15 is 0 Å². The zero-order valence-corrected chi connectivity index (χ0v) is 9.81. The molecule has 14 heavy (non-hydrogen) atoms. The number of hydrogen-bond acceptors (Lipinski definition) is 4. The lowest BCUT2D eigenvalue weighted by atomic mass is 10.1. The molecule has 1 unspecified atom stereocenters. The van der Waals surface area contributed by atoms with Crippen LogP contribution in [0, 0.1) is 5.92 Å². The Kier molecular flexibility index (Phi) is 7.13. The van der Waals surface area contributed by atoms with Crippen molar-refractivity contribution >= 4 is 9.84 Å². The van der Waals surface area contributed by atoms with Gasteiger partial charge in [-0.05, 0) is 31.8 Å². The molecule has 4 nitrogen and oxygen atoms in total. The highest BCUT2D eigenvalue weighted by atomic mass is 32.2. The number of nitrogens with one attached hydrogen (secondary N) is 1. The zero-order chi connectivity index (χ0) is 11.0. The fourth-order valence-corrected chi connectivity index (χ4v) is 1.80. The first-order valence-electron chi connectivity index (χ1n) is 4.95. The van der Waals surface area contributed by atoms with Crippen LogP contribution in [0.4, 0.5) is 0 Å². The Labute approximate surface area is 86.6 Å².